The van der Waals surface area contributed by atoms with Crippen LogP contribution in [0, 0.1) is 0 Å². The van der Waals surface area contributed by atoms with Gasteiger partial charge in [0, 0.05) is 24.2 Å². The summed E-state index contributed by atoms with van der Waals surface area (Å²) in [7, 11) is 3.85. The van der Waals surface area contributed by atoms with Gasteiger partial charge >= 0.3 is 0 Å². The first-order valence-electron chi connectivity index (χ1n) is 6.64. The van der Waals surface area contributed by atoms with Crippen molar-refractivity contribution in [1.82, 2.24) is 9.88 Å². The largest absolute Gasteiger partial charge is 0.497 e. The standard InChI is InChI=1S/C15H19N3O/c1-18-8-6-12(10-18)17-15-14-9-13(19-2)4-3-11(14)5-7-16-15/h3-5,7,9,12H,6,8,10H2,1-2H3,(H,16,17). The predicted octanol–water partition coefficient (Wildman–Crippen LogP) is 2.36. The van der Waals surface area contributed by atoms with Crippen molar-refractivity contribution in [3.05, 3.63) is 30.5 Å². The second-order valence-corrected chi connectivity index (χ2v) is 5.14. The van der Waals surface area contributed by atoms with Crippen LogP contribution < -0.4 is 10.1 Å². The van der Waals surface area contributed by atoms with Crippen molar-refractivity contribution in [1.29, 1.82) is 0 Å². The molecule has 0 saturated carbocycles. The second kappa shape index (κ2) is 5.05. The molecule has 1 fully saturated rings. The van der Waals surface area contributed by atoms with Gasteiger partial charge < -0.3 is 15.0 Å². The summed E-state index contributed by atoms with van der Waals surface area (Å²) in [5.74, 6) is 1.82. The van der Waals surface area contributed by atoms with Crippen LogP contribution in [0.5, 0.6) is 5.75 Å². The van der Waals surface area contributed by atoms with E-state index in [0.29, 0.717) is 6.04 Å². The zero-order chi connectivity index (χ0) is 13.2. The maximum absolute atomic E-state index is 5.30. The molecule has 1 aliphatic rings. The van der Waals surface area contributed by atoms with Crippen molar-refractivity contribution < 1.29 is 4.74 Å². The molecule has 4 nitrogen and oxygen atoms in total. The van der Waals surface area contributed by atoms with Crippen molar-refractivity contribution in [2.75, 3.05) is 32.6 Å². The summed E-state index contributed by atoms with van der Waals surface area (Å²) in [6.45, 7) is 2.22. The third-order valence-corrected chi connectivity index (χ3v) is 3.71. The fraction of sp³-hybridized carbons (Fsp3) is 0.400. The van der Waals surface area contributed by atoms with Crippen LogP contribution in [0.1, 0.15) is 6.42 Å². The number of likely N-dealkylation sites (tertiary alicyclic amines) is 1. The number of anilines is 1. The zero-order valence-corrected chi connectivity index (χ0v) is 11.4. The summed E-state index contributed by atoms with van der Waals surface area (Å²) in [5, 5.41) is 5.86. The van der Waals surface area contributed by atoms with Crippen molar-refractivity contribution in [3.8, 4) is 5.75 Å². The third kappa shape index (κ3) is 2.49. The first-order chi connectivity index (χ1) is 9.26. The Balaban J connectivity index is 1.93. The quantitative estimate of drug-likeness (QED) is 0.916. The molecule has 4 heteroatoms. The molecule has 2 aromatic rings. The molecule has 0 aliphatic carbocycles. The van der Waals surface area contributed by atoms with Crippen LogP contribution in [0.15, 0.2) is 30.5 Å². The lowest BCUT2D eigenvalue weighted by molar-refractivity contribution is 0.414. The molecule has 3 rings (SSSR count). The topological polar surface area (TPSA) is 37.4 Å². The predicted molar refractivity (Wildman–Crippen MR) is 77.8 cm³/mol. The maximum atomic E-state index is 5.30. The Hall–Kier alpha value is -1.81. The van der Waals surface area contributed by atoms with Crippen molar-refractivity contribution in [2.45, 2.75) is 12.5 Å². The number of likely N-dealkylation sites (N-methyl/N-ethyl adjacent to an activating group) is 1. The summed E-state index contributed by atoms with van der Waals surface area (Å²) < 4.78 is 5.30. The van der Waals surface area contributed by atoms with E-state index < -0.39 is 0 Å². The van der Waals surface area contributed by atoms with E-state index in [9.17, 15) is 0 Å². The van der Waals surface area contributed by atoms with Gasteiger partial charge in [0.1, 0.15) is 11.6 Å². The van der Waals surface area contributed by atoms with Crippen LogP contribution in [0.4, 0.5) is 5.82 Å². The molecule has 1 aromatic heterocycles. The molecule has 2 heterocycles. The molecule has 19 heavy (non-hydrogen) atoms. The second-order valence-electron chi connectivity index (χ2n) is 5.14. The first-order valence-corrected chi connectivity index (χ1v) is 6.64. The molecule has 1 atom stereocenters. The molecule has 1 aliphatic heterocycles. The van der Waals surface area contributed by atoms with Gasteiger partial charge in [0.05, 0.1) is 7.11 Å². The number of ether oxygens (including phenoxy) is 1. The van der Waals surface area contributed by atoms with Crippen molar-refractivity contribution in [3.63, 3.8) is 0 Å². The summed E-state index contributed by atoms with van der Waals surface area (Å²) >= 11 is 0. The summed E-state index contributed by atoms with van der Waals surface area (Å²) in [6, 6.07) is 8.61. The highest BCUT2D eigenvalue weighted by atomic mass is 16.5. The Morgan fingerprint density at radius 1 is 1.37 bits per heavy atom. The highest BCUT2D eigenvalue weighted by Gasteiger charge is 2.20. The third-order valence-electron chi connectivity index (χ3n) is 3.71. The minimum Gasteiger partial charge on any atom is -0.497 e. The molecular weight excluding hydrogens is 238 g/mol. The highest BCUT2D eigenvalue weighted by molar-refractivity contribution is 5.92. The van der Waals surface area contributed by atoms with Gasteiger partial charge in [0.25, 0.3) is 0 Å². The van der Waals surface area contributed by atoms with Crippen LogP contribution in [0.25, 0.3) is 10.8 Å². The minimum absolute atomic E-state index is 0.481. The fourth-order valence-electron chi connectivity index (χ4n) is 2.64. The number of aromatic nitrogens is 1. The number of fused-ring (bicyclic) bond motifs is 1. The minimum atomic E-state index is 0.481. The van der Waals surface area contributed by atoms with Crippen LogP contribution in [-0.2, 0) is 0 Å². The molecule has 100 valence electrons. The normalized spacial score (nSPS) is 19.8. The lowest BCUT2D eigenvalue weighted by Crippen LogP contribution is -2.24. The van der Waals surface area contributed by atoms with E-state index in [2.05, 4.69) is 28.3 Å². The number of benzene rings is 1. The number of rotatable bonds is 3. The van der Waals surface area contributed by atoms with E-state index in [4.69, 9.17) is 4.74 Å². The van der Waals surface area contributed by atoms with Gasteiger partial charge in [-0.25, -0.2) is 4.98 Å². The number of methoxy groups -OCH3 is 1. The number of nitrogens with one attached hydrogen (secondary N) is 1. The molecule has 1 N–H and O–H groups in total. The summed E-state index contributed by atoms with van der Waals surface area (Å²) in [6.07, 6.45) is 3.02. The molecule has 0 amide bonds. The Bertz CT molecular complexity index is 585. The molecule has 1 saturated heterocycles. The van der Waals surface area contributed by atoms with Crippen LogP contribution in [0.3, 0.4) is 0 Å². The fourth-order valence-corrected chi connectivity index (χ4v) is 2.64. The Morgan fingerprint density at radius 3 is 3.00 bits per heavy atom. The van der Waals surface area contributed by atoms with Crippen LogP contribution in [0.2, 0.25) is 0 Å². The van der Waals surface area contributed by atoms with E-state index in [-0.39, 0.29) is 0 Å². The molecule has 0 spiro atoms. The SMILES string of the molecule is COc1ccc2ccnc(NC3CCN(C)C3)c2c1. The molecule has 0 radical (unpaired) electrons. The Morgan fingerprint density at radius 2 is 2.26 bits per heavy atom. The lowest BCUT2D eigenvalue weighted by atomic mass is 10.1. The maximum Gasteiger partial charge on any atom is 0.134 e. The number of hydrogen-bond donors (Lipinski definition) is 1. The van der Waals surface area contributed by atoms with Crippen LogP contribution >= 0.6 is 0 Å². The lowest BCUT2D eigenvalue weighted by Gasteiger charge is -2.15. The Labute approximate surface area is 113 Å². The number of hydrogen-bond acceptors (Lipinski definition) is 4. The molecule has 0 bridgehead atoms. The van der Waals surface area contributed by atoms with Gasteiger partial charge in [-0.2, -0.15) is 0 Å². The van der Waals surface area contributed by atoms with E-state index in [0.717, 1.165) is 30.0 Å². The van der Waals surface area contributed by atoms with E-state index in [1.807, 2.05) is 24.4 Å². The van der Waals surface area contributed by atoms with Crippen molar-refractivity contribution >= 4 is 16.6 Å². The first kappa shape index (κ1) is 12.2. The van der Waals surface area contributed by atoms with E-state index in [1.54, 1.807) is 7.11 Å². The van der Waals surface area contributed by atoms with E-state index >= 15 is 0 Å². The summed E-state index contributed by atoms with van der Waals surface area (Å²) in [4.78, 5) is 6.82. The molecular formula is C15H19N3O. The average molecular weight is 257 g/mol. The summed E-state index contributed by atoms with van der Waals surface area (Å²) in [5.41, 5.74) is 0. The molecule has 1 unspecified atom stereocenters. The highest BCUT2D eigenvalue weighted by Crippen LogP contribution is 2.26. The number of nitrogens with zero attached hydrogens (tertiary/aromatic N) is 2. The Kier molecular flexibility index (Phi) is 3.25. The van der Waals surface area contributed by atoms with Gasteiger partial charge in [-0.15, -0.1) is 0 Å². The van der Waals surface area contributed by atoms with Gasteiger partial charge in [0.2, 0.25) is 0 Å². The zero-order valence-electron chi connectivity index (χ0n) is 11.4. The van der Waals surface area contributed by atoms with Gasteiger partial charge in [0.15, 0.2) is 0 Å². The number of pyridine rings is 1. The monoisotopic (exact) mass is 257 g/mol. The molecule has 1 aromatic carbocycles. The van der Waals surface area contributed by atoms with Crippen LogP contribution in [-0.4, -0.2) is 43.2 Å². The van der Waals surface area contributed by atoms with Gasteiger partial charge in [-0.1, -0.05) is 6.07 Å². The van der Waals surface area contributed by atoms with Crippen molar-refractivity contribution in [2.24, 2.45) is 0 Å². The van der Waals surface area contributed by atoms with Gasteiger partial charge in [-0.05, 0) is 43.6 Å². The van der Waals surface area contributed by atoms with E-state index in [1.165, 1.54) is 11.8 Å². The average Bonchev–Trinajstić information content (AvgIpc) is 2.84. The smallest absolute Gasteiger partial charge is 0.134 e. The van der Waals surface area contributed by atoms with Gasteiger partial charge in [-0.3, -0.25) is 0 Å².